The number of rotatable bonds is 11. The molecule has 0 fully saturated rings. The van der Waals surface area contributed by atoms with Crippen LogP contribution in [0, 0.1) is 0 Å². The van der Waals surface area contributed by atoms with Crippen molar-refractivity contribution in [1.82, 2.24) is 4.72 Å². The summed E-state index contributed by atoms with van der Waals surface area (Å²) < 4.78 is 32.6. The van der Waals surface area contributed by atoms with Gasteiger partial charge in [0, 0.05) is 25.1 Å². The van der Waals surface area contributed by atoms with Gasteiger partial charge >= 0.3 is 5.97 Å². The summed E-state index contributed by atoms with van der Waals surface area (Å²) in [6.07, 6.45) is 0.563. The number of nitrogens with one attached hydrogen (secondary N) is 2. The maximum Gasteiger partial charge on any atom is 0.306 e. The number of esters is 1. The lowest BCUT2D eigenvalue weighted by molar-refractivity contribution is -0.144. The highest BCUT2D eigenvalue weighted by Gasteiger charge is 2.14. The van der Waals surface area contributed by atoms with Gasteiger partial charge in [0.15, 0.2) is 0 Å². The van der Waals surface area contributed by atoms with Gasteiger partial charge in [-0.3, -0.25) is 9.59 Å². The summed E-state index contributed by atoms with van der Waals surface area (Å²) >= 11 is 0. The first kappa shape index (κ1) is 24.2. The van der Waals surface area contributed by atoms with Gasteiger partial charge in [0.25, 0.3) is 0 Å². The smallest absolute Gasteiger partial charge is 0.306 e. The Morgan fingerprint density at radius 3 is 2.00 bits per heavy atom. The fraction of sp³-hybridized carbons (Fsp3) is 0.200. The number of carbonyl (C=O) groups is 2. The molecule has 1 amide bonds. The molecule has 0 unspecified atom stereocenters. The van der Waals surface area contributed by atoms with Gasteiger partial charge < -0.3 is 10.1 Å². The van der Waals surface area contributed by atoms with Crippen molar-refractivity contribution in [3.63, 3.8) is 0 Å². The first-order valence-corrected chi connectivity index (χ1v) is 12.0. The van der Waals surface area contributed by atoms with Crippen LogP contribution in [0.15, 0.2) is 89.8 Å². The number of amides is 1. The van der Waals surface area contributed by atoms with Gasteiger partial charge in [-0.15, -0.1) is 0 Å². The van der Waals surface area contributed by atoms with Crippen LogP contribution < -0.4 is 10.0 Å². The molecule has 33 heavy (non-hydrogen) atoms. The predicted octanol–water partition coefficient (Wildman–Crippen LogP) is 3.67. The van der Waals surface area contributed by atoms with E-state index in [4.69, 9.17) is 4.74 Å². The van der Waals surface area contributed by atoms with Crippen molar-refractivity contribution in [1.29, 1.82) is 0 Å². The number of benzene rings is 3. The number of sulfonamides is 1. The van der Waals surface area contributed by atoms with Crippen LogP contribution in [0.2, 0.25) is 0 Å². The molecule has 0 saturated carbocycles. The van der Waals surface area contributed by atoms with E-state index in [1.807, 2.05) is 60.7 Å². The minimum absolute atomic E-state index is 0.0249. The van der Waals surface area contributed by atoms with Crippen molar-refractivity contribution in [2.75, 3.05) is 11.9 Å². The van der Waals surface area contributed by atoms with Crippen LogP contribution in [-0.4, -0.2) is 26.9 Å². The monoisotopic (exact) mass is 466 g/mol. The van der Waals surface area contributed by atoms with E-state index in [0.717, 1.165) is 11.1 Å². The first-order chi connectivity index (χ1) is 15.9. The van der Waals surface area contributed by atoms with Crippen LogP contribution in [0.5, 0.6) is 0 Å². The van der Waals surface area contributed by atoms with E-state index < -0.39 is 16.0 Å². The number of ether oxygens (including phenoxy) is 1. The standard InChI is InChI=1S/C25H26N2O5S/c28-24(15-16-25(29)32-18-17-20-7-3-1-4-8-20)27-22-11-13-23(14-12-22)33(30,31)26-19-21-9-5-2-6-10-21/h1-14,26H,15-19H2,(H,27,28). The van der Waals surface area contributed by atoms with Crippen LogP contribution >= 0.6 is 0 Å². The van der Waals surface area contributed by atoms with E-state index in [0.29, 0.717) is 12.1 Å². The van der Waals surface area contributed by atoms with Crippen LogP contribution in [0.3, 0.4) is 0 Å². The second-order valence-electron chi connectivity index (χ2n) is 7.34. The van der Waals surface area contributed by atoms with E-state index in [1.54, 1.807) is 0 Å². The van der Waals surface area contributed by atoms with E-state index >= 15 is 0 Å². The fourth-order valence-electron chi connectivity index (χ4n) is 3.01. The number of anilines is 1. The molecule has 3 aromatic carbocycles. The van der Waals surface area contributed by atoms with Crippen molar-refractivity contribution < 1.29 is 22.7 Å². The quantitative estimate of drug-likeness (QED) is 0.420. The summed E-state index contributed by atoms with van der Waals surface area (Å²) in [5.74, 6) is -0.792. The van der Waals surface area contributed by atoms with Gasteiger partial charge in [-0.05, 0) is 35.4 Å². The van der Waals surface area contributed by atoms with Crippen LogP contribution in [0.1, 0.15) is 24.0 Å². The molecule has 0 heterocycles. The summed E-state index contributed by atoms with van der Waals surface area (Å²) in [5, 5.41) is 2.65. The van der Waals surface area contributed by atoms with Gasteiger partial charge in [0.2, 0.25) is 15.9 Å². The highest BCUT2D eigenvalue weighted by atomic mass is 32.2. The summed E-state index contributed by atoms with van der Waals surface area (Å²) in [6.45, 7) is 0.446. The topological polar surface area (TPSA) is 102 Å². The molecule has 0 atom stereocenters. The van der Waals surface area contributed by atoms with Crippen molar-refractivity contribution >= 4 is 27.6 Å². The molecule has 0 aliphatic heterocycles. The summed E-state index contributed by atoms with van der Waals surface area (Å²) in [7, 11) is -3.68. The Morgan fingerprint density at radius 1 is 0.758 bits per heavy atom. The molecule has 3 aromatic rings. The third-order valence-corrected chi connectivity index (χ3v) is 6.23. The molecule has 0 spiro atoms. The molecule has 172 valence electrons. The van der Waals surface area contributed by atoms with Gasteiger partial charge in [0.1, 0.15) is 0 Å². The molecule has 0 saturated heterocycles. The van der Waals surface area contributed by atoms with Crippen molar-refractivity contribution in [2.24, 2.45) is 0 Å². The average molecular weight is 467 g/mol. The molecular formula is C25H26N2O5S. The third-order valence-electron chi connectivity index (χ3n) is 4.81. The maximum absolute atomic E-state index is 12.4. The zero-order valence-electron chi connectivity index (χ0n) is 18.1. The van der Waals surface area contributed by atoms with Crippen LogP contribution in [0.4, 0.5) is 5.69 Å². The van der Waals surface area contributed by atoms with Crippen molar-refractivity contribution in [2.45, 2.75) is 30.7 Å². The predicted molar refractivity (Wildman–Crippen MR) is 126 cm³/mol. The lowest BCUT2D eigenvalue weighted by Gasteiger charge is -2.09. The molecular weight excluding hydrogens is 440 g/mol. The molecule has 3 rings (SSSR count). The van der Waals surface area contributed by atoms with Gasteiger partial charge in [-0.1, -0.05) is 60.7 Å². The molecule has 0 bridgehead atoms. The largest absolute Gasteiger partial charge is 0.465 e. The highest BCUT2D eigenvalue weighted by molar-refractivity contribution is 7.89. The van der Waals surface area contributed by atoms with E-state index in [-0.39, 0.29) is 36.8 Å². The van der Waals surface area contributed by atoms with Gasteiger partial charge in [0.05, 0.1) is 17.9 Å². The van der Waals surface area contributed by atoms with E-state index in [9.17, 15) is 18.0 Å². The Hall–Kier alpha value is -3.49. The van der Waals surface area contributed by atoms with E-state index in [1.165, 1.54) is 24.3 Å². The Morgan fingerprint density at radius 2 is 1.36 bits per heavy atom. The zero-order valence-corrected chi connectivity index (χ0v) is 18.9. The Balaban J connectivity index is 1.40. The Kier molecular flexibility index (Phi) is 8.74. The second kappa shape index (κ2) is 11.9. The summed E-state index contributed by atoms with van der Waals surface area (Å²) in [4.78, 5) is 24.0. The Bertz CT molecular complexity index is 1150. The average Bonchev–Trinajstić information content (AvgIpc) is 2.83. The minimum Gasteiger partial charge on any atom is -0.465 e. The number of carbonyl (C=O) groups excluding carboxylic acids is 2. The lowest BCUT2D eigenvalue weighted by Crippen LogP contribution is -2.23. The van der Waals surface area contributed by atoms with E-state index in [2.05, 4.69) is 10.0 Å². The molecule has 8 heteroatoms. The second-order valence-corrected chi connectivity index (χ2v) is 9.11. The normalized spacial score (nSPS) is 11.0. The first-order valence-electron chi connectivity index (χ1n) is 10.6. The SMILES string of the molecule is O=C(CCC(=O)OCCc1ccccc1)Nc1ccc(S(=O)(=O)NCc2ccccc2)cc1. The van der Waals surface area contributed by atoms with Crippen molar-refractivity contribution in [3.8, 4) is 0 Å². The van der Waals surface area contributed by atoms with Crippen molar-refractivity contribution in [3.05, 3.63) is 96.1 Å². The molecule has 0 aliphatic rings. The fourth-order valence-corrected chi connectivity index (χ4v) is 4.03. The summed E-state index contributed by atoms with van der Waals surface area (Å²) in [6, 6.07) is 24.7. The maximum atomic E-state index is 12.4. The highest BCUT2D eigenvalue weighted by Crippen LogP contribution is 2.15. The van der Waals surface area contributed by atoms with Gasteiger partial charge in [-0.25, -0.2) is 13.1 Å². The number of hydrogen-bond donors (Lipinski definition) is 2. The zero-order chi connectivity index (χ0) is 23.5. The molecule has 2 N–H and O–H groups in total. The molecule has 0 radical (unpaired) electrons. The third kappa shape index (κ3) is 8.17. The van der Waals surface area contributed by atoms with Crippen LogP contribution in [0.25, 0.3) is 0 Å². The summed E-state index contributed by atoms with van der Waals surface area (Å²) in [5.41, 5.74) is 2.37. The Labute approximate surface area is 193 Å². The number of hydrogen-bond acceptors (Lipinski definition) is 5. The molecule has 0 aromatic heterocycles. The van der Waals surface area contributed by atoms with Gasteiger partial charge in [-0.2, -0.15) is 0 Å². The molecule has 7 nitrogen and oxygen atoms in total. The molecule has 0 aliphatic carbocycles. The lowest BCUT2D eigenvalue weighted by atomic mass is 10.2. The van der Waals surface area contributed by atoms with Crippen LogP contribution in [-0.2, 0) is 37.3 Å². The minimum atomic E-state index is -3.68.